The quantitative estimate of drug-likeness (QED) is 0.688. The highest BCUT2D eigenvalue weighted by Gasteiger charge is 2.27. The summed E-state index contributed by atoms with van der Waals surface area (Å²) >= 11 is 5.16. The first-order chi connectivity index (χ1) is 6.68. The molecule has 74 valence electrons. The highest BCUT2D eigenvalue weighted by Crippen LogP contribution is 2.30. The van der Waals surface area contributed by atoms with Crippen molar-refractivity contribution in [1.82, 2.24) is 4.90 Å². The van der Waals surface area contributed by atoms with E-state index in [4.69, 9.17) is 17.0 Å². The van der Waals surface area contributed by atoms with Crippen LogP contribution in [0.4, 0.5) is 0 Å². The second-order valence-electron chi connectivity index (χ2n) is 3.74. The van der Waals surface area contributed by atoms with E-state index in [0.29, 0.717) is 5.05 Å². The van der Waals surface area contributed by atoms with E-state index in [1.54, 1.807) is 0 Å². The number of ether oxygens (including phenoxy) is 1. The highest BCUT2D eigenvalue weighted by atomic mass is 32.1. The summed E-state index contributed by atoms with van der Waals surface area (Å²) in [4.78, 5) is 2.11. The molecule has 0 N–H and O–H groups in total. The molecular weight excluding hydrogens is 194 g/mol. The molecule has 0 radical (unpaired) electrons. The van der Waals surface area contributed by atoms with Gasteiger partial charge in [-0.2, -0.15) is 0 Å². The molecule has 14 heavy (non-hydrogen) atoms. The van der Waals surface area contributed by atoms with Crippen molar-refractivity contribution in [3.8, 4) is 0 Å². The minimum Gasteiger partial charge on any atom is -0.473 e. The van der Waals surface area contributed by atoms with Gasteiger partial charge in [-0.3, -0.25) is 0 Å². The first-order valence-corrected chi connectivity index (χ1v) is 5.04. The molecule has 3 heteroatoms. The summed E-state index contributed by atoms with van der Waals surface area (Å²) in [7, 11) is 4.07. The average Bonchev–Trinajstić information content (AvgIpc) is 2.44. The van der Waals surface area contributed by atoms with Gasteiger partial charge in [-0.1, -0.05) is 18.2 Å². The van der Waals surface area contributed by atoms with Crippen molar-refractivity contribution in [2.75, 3.05) is 20.6 Å². The van der Waals surface area contributed by atoms with Crippen LogP contribution in [-0.4, -0.2) is 30.6 Å². The van der Waals surface area contributed by atoms with E-state index in [1.165, 1.54) is 5.56 Å². The summed E-state index contributed by atoms with van der Waals surface area (Å²) < 4.78 is 5.63. The summed E-state index contributed by atoms with van der Waals surface area (Å²) in [5.74, 6) is 0. The van der Waals surface area contributed by atoms with Crippen LogP contribution in [-0.2, 0) is 4.74 Å². The van der Waals surface area contributed by atoms with Gasteiger partial charge in [-0.25, -0.2) is 0 Å². The van der Waals surface area contributed by atoms with Gasteiger partial charge in [0.2, 0.25) is 0 Å². The van der Waals surface area contributed by atoms with Gasteiger partial charge in [0.15, 0.2) is 5.05 Å². The molecule has 0 spiro atoms. The van der Waals surface area contributed by atoms with Crippen molar-refractivity contribution in [2.24, 2.45) is 0 Å². The average molecular weight is 207 g/mol. The van der Waals surface area contributed by atoms with Gasteiger partial charge >= 0.3 is 0 Å². The molecule has 0 aliphatic carbocycles. The molecule has 1 unspecified atom stereocenters. The zero-order valence-electron chi connectivity index (χ0n) is 8.36. The van der Waals surface area contributed by atoms with Crippen LogP contribution in [0.3, 0.4) is 0 Å². The number of fused-ring (bicyclic) bond motifs is 1. The molecule has 1 aromatic rings. The molecule has 0 saturated heterocycles. The van der Waals surface area contributed by atoms with E-state index in [1.807, 2.05) is 32.3 Å². The Hall–Kier alpha value is -0.930. The van der Waals surface area contributed by atoms with Crippen molar-refractivity contribution in [3.05, 3.63) is 35.4 Å². The van der Waals surface area contributed by atoms with Gasteiger partial charge < -0.3 is 9.64 Å². The second kappa shape index (κ2) is 3.67. The summed E-state index contributed by atoms with van der Waals surface area (Å²) in [5.41, 5.74) is 2.29. The van der Waals surface area contributed by atoms with Crippen molar-refractivity contribution in [2.45, 2.75) is 6.10 Å². The fourth-order valence-corrected chi connectivity index (χ4v) is 1.99. The Morgan fingerprint density at radius 1 is 1.36 bits per heavy atom. The lowest BCUT2D eigenvalue weighted by molar-refractivity contribution is 0.169. The van der Waals surface area contributed by atoms with E-state index < -0.39 is 0 Å². The summed E-state index contributed by atoms with van der Waals surface area (Å²) in [6, 6.07) is 8.13. The zero-order valence-corrected chi connectivity index (χ0v) is 9.17. The third-order valence-corrected chi connectivity index (χ3v) is 2.62. The molecule has 1 aliphatic rings. The number of hydrogen-bond donors (Lipinski definition) is 0. The van der Waals surface area contributed by atoms with Crippen LogP contribution >= 0.6 is 12.2 Å². The molecule has 0 fully saturated rings. The number of hydrogen-bond acceptors (Lipinski definition) is 3. The van der Waals surface area contributed by atoms with E-state index in [-0.39, 0.29) is 6.10 Å². The van der Waals surface area contributed by atoms with Crippen LogP contribution in [0.5, 0.6) is 0 Å². The number of likely N-dealkylation sites (N-methyl/N-ethyl adjacent to an activating group) is 1. The van der Waals surface area contributed by atoms with Crippen molar-refractivity contribution >= 4 is 17.3 Å². The first-order valence-electron chi connectivity index (χ1n) is 4.63. The molecular formula is C11H13NOS. The molecule has 1 atom stereocenters. The zero-order chi connectivity index (χ0) is 10.1. The Kier molecular flexibility index (Phi) is 2.52. The maximum Gasteiger partial charge on any atom is 0.192 e. The number of nitrogens with zero attached hydrogens (tertiary/aromatic N) is 1. The topological polar surface area (TPSA) is 12.5 Å². The summed E-state index contributed by atoms with van der Waals surface area (Å²) in [6.45, 7) is 0.872. The SMILES string of the molecule is CN(C)CC1OC(=S)c2ccccc21. The lowest BCUT2D eigenvalue weighted by Crippen LogP contribution is -2.20. The van der Waals surface area contributed by atoms with Crippen LogP contribution in [0, 0.1) is 0 Å². The fourth-order valence-electron chi connectivity index (χ4n) is 1.69. The van der Waals surface area contributed by atoms with E-state index in [0.717, 1.165) is 12.1 Å². The molecule has 1 heterocycles. The standard InChI is InChI=1S/C11H13NOS/c1-12(2)7-10-8-5-3-4-6-9(8)11(14)13-10/h3-6,10H,7H2,1-2H3. The largest absolute Gasteiger partial charge is 0.473 e. The summed E-state index contributed by atoms with van der Waals surface area (Å²) in [6.07, 6.45) is 0.105. The number of thiocarbonyl (C=S) groups is 1. The Morgan fingerprint density at radius 2 is 2.07 bits per heavy atom. The molecule has 0 saturated carbocycles. The Labute approximate surface area is 89.5 Å². The molecule has 2 rings (SSSR count). The molecule has 1 aliphatic heterocycles. The van der Waals surface area contributed by atoms with Gasteiger partial charge in [0.25, 0.3) is 0 Å². The number of benzene rings is 1. The van der Waals surface area contributed by atoms with Gasteiger partial charge in [-0.05, 0) is 32.4 Å². The lowest BCUT2D eigenvalue weighted by Gasteiger charge is -2.16. The van der Waals surface area contributed by atoms with Gasteiger partial charge in [-0.15, -0.1) is 0 Å². The maximum absolute atomic E-state index is 5.63. The smallest absolute Gasteiger partial charge is 0.192 e. The minimum atomic E-state index is 0.105. The van der Waals surface area contributed by atoms with Crippen molar-refractivity contribution in [1.29, 1.82) is 0 Å². The normalized spacial score (nSPS) is 19.6. The third-order valence-electron chi connectivity index (χ3n) is 2.31. The third kappa shape index (κ3) is 1.65. The van der Waals surface area contributed by atoms with Crippen LogP contribution in [0.1, 0.15) is 17.2 Å². The highest BCUT2D eigenvalue weighted by molar-refractivity contribution is 7.80. The predicted octanol–water partition coefficient (Wildman–Crippen LogP) is 1.99. The van der Waals surface area contributed by atoms with E-state index in [2.05, 4.69) is 11.0 Å². The van der Waals surface area contributed by atoms with Crippen LogP contribution in [0.25, 0.3) is 0 Å². The molecule has 0 bridgehead atoms. The van der Waals surface area contributed by atoms with E-state index >= 15 is 0 Å². The molecule has 0 aromatic heterocycles. The minimum absolute atomic E-state index is 0.105. The van der Waals surface area contributed by atoms with E-state index in [9.17, 15) is 0 Å². The molecule has 1 aromatic carbocycles. The fraction of sp³-hybridized carbons (Fsp3) is 0.364. The monoisotopic (exact) mass is 207 g/mol. The van der Waals surface area contributed by atoms with Crippen LogP contribution < -0.4 is 0 Å². The van der Waals surface area contributed by atoms with Crippen molar-refractivity contribution < 1.29 is 4.74 Å². The van der Waals surface area contributed by atoms with Gasteiger partial charge in [0.1, 0.15) is 6.10 Å². The lowest BCUT2D eigenvalue weighted by atomic mass is 10.1. The van der Waals surface area contributed by atoms with Gasteiger partial charge in [0, 0.05) is 17.7 Å². The van der Waals surface area contributed by atoms with Crippen LogP contribution in [0.2, 0.25) is 0 Å². The Balaban J connectivity index is 2.30. The predicted molar refractivity (Wildman–Crippen MR) is 60.5 cm³/mol. The Morgan fingerprint density at radius 3 is 2.79 bits per heavy atom. The molecule has 2 nitrogen and oxygen atoms in total. The molecule has 0 amide bonds. The summed E-state index contributed by atoms with van der Waals surface area (Å²) in [5, 5.41) is 0.632. The first kappa shape index (κ1) is 9.62. The van der Waals surface area contributed by atoms with Crippen LogP contribution in [0.15, 0.2) is 24.3 Å². The Bertz CT molecular complexity index is 362. The second-order valence-corrected chi connectivity index (χ2v) is 4.11. The maximum atomic E-state index is 5.63. The number of rotatable bonds is 2. The van der Waals surface area contributed by atoms with Crippen molar-refractivity contribution in [3.63, 3.8) is 0 Å². The van der Waals surface area contributed by atoms with Gasteiger partial charge in [0.05, 0.1) is 0 Å².